The van der Waals surface area contributed by atoms with Crippen LogP contribution in [0.5, 0.6) is 0 Å². The molecular formula is C17H23N5. The standard InChI is InChI=1S/C17H23N5/c1-21-7-9-22(10-8-21)17-11-16(15(18)13-20-17)19-12-14-5-3-2-4-6-14/h2-6,11,13H,7-10,12,18H2,1H3,(H,19,20). The van der Waals surface area contributed by atoms with Crippen LogP contribution in [-0.4, -0.2) is 43.1 Å². The van der Waals surface area contributed by atoms with Gasteiger partial charge in [-0.3, -0.25) is 0 Å². The van der Waals surface area contributed by atoms with Gasteiger partial charge in [0.25, 0.3) is 0 Å². The number of aromatic nitrogens is 1. The van der Waals surface area contributed by atoms with E-state index in [1.807, 2.05) is 18.2 Å². The van der Waals surface area contributed by atoms with E-state index in [0.717, 1.165) is 44.2 Å². The molecule has 0 amide bonds. The van der Waals surface area contributed by atoms with E-state index in [2.05, 4.69) is 45.3 Å². The number of anilines is 3. The highest BCUT2D eigenvalue weighted by Gasteiger charge is 2.16. The Labute approximate surface area is 131 Å². The number of nitrogens with zero attached hydrogens (tertiary/aromatic N) is 3. The highest BCUT2D eigenvalue weighted by Crippen LogP contribution is 2.24. The zero-order valence-electron chi connectivity index (χ0n) is 13.0. The van der Waals surface area contributed by atoms with E-state index in [1.54, 1.807) is 6.20 Å². The van der Waals surface area contributed by atoms with Crippen LogP contribution in [0, 0.1) is 0 Å². The minimum absolute atomic E-state index is 0.689. The molecule has 1 aromatic carbocycles. The Hall–Kier alpha value is -2.27. The van der Waals surface area contributed by atoms with Gasteiger partial charge in [-0.25, -0.2) is 4.98 Å². The van der Waals surface area contributed by atoms with Crippen LogP contribution in [0.1, 0.15) is 5.56 Å². The topological polar surface area (TPSA) is 57.4 Å². The third kappa shape index (κ3) is 3.49. The molecule has 0 aliphatic carbocycles. The first-order chi connectivity index (χ1) is 10.7. The van der Waals surface area contributed by atoms with Crippen molar-refractivity contribution in [2.75, 3.05) is 49.2 Å². The van der Waals surface area contributed by atoms with Crippen molar-refractivity contribution in [3.05, 3.63) is 48.2 Å². The molecule has 1 aromatic heterocycles. The summed E-state index contributed by atoms with van der Waals surface area (Å²) in [4.78, 5) is 9.13. The van der Waals surface area contributed by atoms with Gasteiger partial charge >= 0.3 is 0 Å². The number of rotatable bonds is 4. The Bertz CT molecular complexity index is 606. The number of piperazine rings is 1. The van der Waals surface area contributed by atoms with Crippen LogP contribution in [-0.2, 0) is 6.54 Å². The molecule has 2 aromatic rings. The van der Waals surface area contributed by atoms with E-state index in [9.17, 15) is 0 Å². The smallest absolute Gasteiger partial charge is 0.130 e. The molecule has 0 unspecified atom stereocenters. The SMILES string of the molecule is CN1CCN(c2cc(NCc3ccccc3)c(N)cn2)CC1. The molecule has 1 aliphatic rings. The van der Waals surface area contributed by atoms with Crippen LogP contribution < -0.4 is 16.0 Å². The van der Waals surface area contributed by atoms with Gasteiger partial charge in [-0.15, -0.1) is 0 Å². The summed E-state index contributed by atoms with van der Waals surface area (Å²) in [5.74, 6) is 0.998. The fourth-order valence-corrected chi connectivity index (χ4v) is 2.61. The van der Waals surface area contributed by atoms with Crippen LogP contribution in [0.2, 0.25) is 0 Å². The first-order valence-electron chi connectivity index (χ1n) is 7.69. The zero-order valence-corrected chi connectivity index (χ0v) is 13.0. The Kier molecular flexibility index (Phi) is 4.44. The number of hydrogen-bond acceptors (Lipinski definition) is 5. The largest absolute Gasteiger partial charge is 0.396 e. The molecule has 1 fully saturated rings. The van der Waals surface area contributed by atoms with Gasteiger partial charge in [-0.05, 0) is 12.6 Å². The molecule has 0 spiro atoms. The van der Waals surface area contributed by atoms with E-state index in [0.29, 0.717) is 5.69 Å². The number of benzene rings is 1. The average Bonchev–Trinajstić information content (AvgIpc) is 2.56. The van der Waals surface area contributed by atoms with Crippen molar-refractivity contribution < 1.29 is 0 Å². The lowest BCUT2D eigenvalue weighted by Crippen LogP contribution is -2.44. The van der Waals surface area contributed by atoms with Gasteiger partial charge in [0, 0.05) is 38.8 Å². The van der Waals surface area contributed by atoms with Gasteiger partial charge in [-0.1, -0.05) is 30.3 Å². The number of pyridine rings is 1. The van der Waals surface area contributed by atoms with E-state index in [1.165, 1.54) is 5.56 Å². The second-order valence-electron chi connectivity index (χ2n) is 5.76. The van der Waals surface area contributed by atoms with E-state index in [4.69, 9.17) is 5.73 Å². The lowest BCUT2D eigenvalue weighted by Gasteiger charge is -2.33. The van der Waals surface area contributed by atoms with Crippen molar-refractivity contribution in [1.29, 1.82) is 0 Å². The molecule has 1 saturated heterocycles. The summed E-state index contributed by atoms with van der Waals surface area (Å²) in [5, 5.41) is 3.42. The van der Waals surface area contributed by atoms with Gasteiger partial charge in [0.1, 0.15) is 5.82 Å². The molecule has 0 bridgehead atoms. The van der Waals surface area contributed by atoms with Crippen LogP contribution in [0.15, 0.2) is 42.6 Å². The maximum atomic E-state index is 6.05. The van der Waals surface area contributed by atoms with Crippen molar-refractivity contribution in [2.45, 2.75) is 6.54 Å². The molecular weight excluding hydrogens is 274 g/mol. The quantitative estimate of drug-likeness (QED) is 0.904. The lowest BCUT2D eigenvalue weighted by molar-refractivity contribution is 0.312. The summed E-state index contributed by atoms with van der Waals surface area (Å²) < 4.78 is 0. The molecule has 1 aliphatic heterocycles. The number of nitrogen functional groups attached to an aromatic ring is 1. The van der Waals surface area contributed by atoms with Gasteiger partial charge in [-0.2, -0.15) is 0 Å². The molecule has 0 saturated carbocycles. The molecule has 116 valence electrons. The van der Waals surface area contributed by atoms with Crippen molar-refractivity contribution >= 4 is 17.2 Å². The Balaban J connectivity index is 1.70. The summed E-state index contributed by atoms with van der Waals surface area (Å²) in [5.41, 5.74) is 8.93. The monoisotopic (exact) mass is 297 g/mol. The van der Waals surface area contributed by atoms with E-state index < -0.39 is 0 Å². The second kappa shape index (κ2) is 6.66. The summed E-state index contributed by atoms with van der Waals surface area (Å²) in [6, 6.07) is 12.4. The van der Waals surface area contributed by atoms with Crippen LogP contribution in [0.3, 0.4) is 0 Å². The lowest BCUT2D eigenvalue weighted by atomic mass is 10.2. The van der Waals surface area contributed by atoms with Crippen molar-refractivity contribution in [3.63, 3.8) is 0 Å². The van der Waals surface area contributed by atoms with Crippen molar-refractivity contribution in [3.8, 4) is 0 Å². The summed E-state index contributed by atoms with van der Waals surface area (Å²) in [7, 11) is 2.15. The summed E-state index contributed by atoms with van der Waals surface area (Å²) in [6.07, 6.45) is 1.75. The summed E-state index contributed by atoms with van der Waals surface area (Å²) >= 11 is 0. The van der Waals surface area contributed by atoms with Crippen LogP contribution in [0.25, 0.3) is 0 Å². The summed E-state index contributed by atoms with van der Waals surface area (Å²) in [6.45, 7) is 4.91. The minimum atomic E-state index is 0.689. The third-order valence-electron chi connectivity index (χ3n) is 4.07. The minimum Gasteiger partial charge on any atom is -0.396 e. The van der Waals surface area contributed by atoms with Gasteiger partial charge < -0.3 is 20.9 Å². The van der Waals surface area contributed by atoms with Gasteiger partial charge in [0.15, 0.2) is 0 Å². The predicted octanol–water partition coefficient (Wildman–Crippen LogP) is 2.03. The molecule has 2 heterocycles. The number of nitrogens with one attached hydrogen (secondary N) is 1. The Morgan fingerprint density at radius 1 is 1.14 bits per heavy atom. The first-order valence-corrected chi connectivity index (χ1v) is 7.69. The van der Waals surface area contributed by atoms with Gasteiger partial charge in [0.2, 0.25) is 0 Å². The van der Waals surface area contributed by atoms with Crippen molar-refractivity contribution in [2.24, 2.45) is 0 Å². The molecule has 22 heavy (non-hydrogen) atoms. The average molecular weight is 297 g/mol. The molecule has 5 heteroatoms. The Morgan fingerprint density at radius 2 is 1.86 bits per heavy atom. The Morgan fingerprint density at radius 3 is 2.59 bits per heavy atom. The maximum absolute atomic E-state index is 6.05. The first kappa shape index (κ1) is 14.7. The zero-order chi connectivity index (χ0) is 15.4. The number of nitrogens with two attached hydrogens (primary N) is 1. The molecule has 3 rings (SSSR count). The second-order valence-corrected chi connectivity index (χ2v) is 5.76. The van der Waals surface area contributed by atoms with Gasteiger partial charge in [0.05, 0.1) is 17.6 Å². The molecule has 0 radical (unpaired) electrons. The molecule has 0 atom stereocenters. The van der Waals surface area contributed by atoms with E-state index in [-0.39, 0.29) is 0 Å². The predicted molar refractivity (Wildman–Crippen MR) is 92.1 cm³/mol. The van der Waals surface area contributed by atoms with Crippen LogP contribution in [0.4, 0.5) is 17.2 Å². The normalized spacial score (nSPS) is 15.8. The molecule has 5 nitrogen and oxygen atoms in total. The van der Waals surface area contributed by atoms with E-state index >= 15 is 0 Å². The highest BCUT2D eigenvalue weighted by atomic mass is 15.3. The maximum Gasteiger partial charge on any atom is 0.130 e. The third-order valence-corrected chi connectivity index (χ3v) is 4.07. The van der Waals surface area contributed by atoms with Crippen molar-refractivity contribution in [1.82, 2.24) is 9.88 Å². The fraction of sp³-hybridized carbons (Fsp3) is 0.353. The number of likely N-dealkylation sites (N-methyl/N-ethyl adjacent to an activating group) is 1. The molecule has 3 N–H and O–H groups in total. The van der Waals surface area contributed by atoms with Crippen LogP contribution >= 0.6 is 0 Å². The number of hydrogen-bond donors (Lipinski definition) is 2. The highest BCUT2D eigenvalue weighted by molar-refractivity contribution is 5.69. The fourth-order valence-electron chi connectivity index (χ4n) is 2.61.